The summed E-state index contributed by atoms with van der Waals surface area (Å²) in [6.45, 7) is 3.15. The molecule has 1 aliphatic heterocycles. The predicted molar refractivity (Wildman–Crippen MR) is 103 cm³/mol. The molecule has 1 aliphatic rings. The molecule has 1 fully saturated rings. The number of rotatable bonds is 5. The van der Waals surface area contributed by atoms with Gasteiger partial charge in [0.15, 0.2) is 0 Å². The van der Waals surface area contributed by atoms with Crippen molar-refractivity contribution in [3.8, 4) is 0 Å². The Kier molecular flexibility index (Phi) is 5.05. The van der Waals surface area contributed by atoms with Gasteiger partial charge in [-0.05, 0) is 24.3 Å². The Hall–Kier alpha value is -3.62. The molecule has 4 rings (SSSR count). The van der Waals surface area contributed by atoms with Crippen LogP contribution in [0.3, 0.4) is 0 Å². The molecule has 0 saturated carbocycles. The quantitative estimate of drug-likeness (QED) is 0.680. The van der Waals surface area contributed by atoms with Crippen LogP contribution in [0, 0.1) is 0 Å². The number of furan rings is 1. The number of carbonyl (C=O) groups excluding carboxylic acids is 1. The average molecular weight is 380 g/mol. The molecule has 1 saturated heterocycles. The van der Waals surface area contributed by atoms with E-state index >= 15 is 0 Å². The van der Waals surface area contributed by atoms with E-state index in [2.05, 4.69) is 25.2 Å². The molecule has 0 bridgehead atoms. The van der Waals surface area contributed by atoms with Crippen LogP contribution in [-0.4, -0.2) is 47.0 Å². The number of pyridine rings is 1. The van der Waals surface area contributed by atoms with Crippen LogP contribution in [0.15, 0.2) is 58.2 Å². The summed E-state index contributed by atoms with van der Waals surface area (Å²) in [6, 6.07) is 9.31. The van der Waals surface area contributed by atoms with Gasteiger partial charge in [-0.1, -0.05) is 6.07 Å². The van der Waals surface area contributed by atoms with Gasteiger partial charge in [0.25, 0.3) is 11.5 Å². The highest BCUT2D eigenvalue weighted by atomic mass is 16.3. The second-order valence-corrected chi connectivity index (χ2v) is 6.37. The first-order chi connectivity index (χ1) is 13.7. The minimum atomic E-state index is -0.489. The number of aromatic nitrogens is 3. The second-order valence-electron chi connectivity index (χ2n) is 6.37. The summed E-state index contributed by atoms with van der Waals surface area (Å²) in [5, 5.41) is 2.65. The van der Waals surface area contributed by atoms with Gasteiger partial charge in [-0.25, -0.2) is 9.97 Å². The standard InChI is InChI=1S/C19H20N6O3/c26-17(21-12-14-4-3-11-28-14)15-13-22-19(23-18(15)27)25-9-7-24(8-10-25)16-5-1-2-6-20-16/h1-6,11,13H,7-10,12H2,(H,21,26)(H,22,23,27). The maximum Gasteiger partial charge on any atom is 0.265 e. The van der Waals surface area contributed by atoms with E-state index in [1.54, 1.807) is 18.3 Å². The highest BCUT2D eigenvalue weighted by Gasteiger charge is 2.21. The van der Waals surface area contributed by atoms with Crippen LogP contribution in [-0.2, 0) is 6.54 Å². The highest BCUT2D eigenvalue weighted by Crippen LogP contribution is 2.15. The molecule has 9 heteroatoms. The lowest BCUT2D eigenvalue weighted by Gasteiger charge is -2.35. The Balaban J connectivity index is 1.38. The van der Waals surface area contributed by atoms with Crippen LogP contribution < -0.4 is 20.7 Å². The van der Waals surface area contributed by atoms with E-state index < -0.39 is 11.5 Å². The average Bonchev–Trinajstić information content (AvgIpc) is 3.26. The molecule has 0 radical (unpaired) electrons. The summed E-state index contributed by atoms with van der Waals surface area (Å²) < 4.78 is 5.16. The van der Waals surface area contributed by atoms with Gasteiger partial charge in [-0.2, -0.15) is 0 Å². The fourth-order valence-corrected chi connectivity index (χ4v) is 3.07. The van der Waals surface area contributed by atoms with Gasteiger partial charge in [0.1, 0.15) is 17.1 Å². The lowest BCUT2D eigenvalue weighted by Crippen LogP contribution is -2.48. The van der Waals surface area contributed by atoms with Gasteiger partial charge in [0.05, 0.1) is 12.8 Å². The number of nitrogens with zero attached hydrogens (tertiary/aromatic N) is 4. The van der Waals surface area contributed by atoms with Gasteiger partial charge >= 0.3 is 0 Å². The molecule has 28 heavy (non-hydrogen) atoms. The molecule has 0 atom stereocenters. The summed E-state index contributed by atoms with van der Waals surface area (Å²) in [7, 11) is 0. The molecule has 0 spiro atoms. The fraction of sp³-hybridized carbons (Fsp3) is 0.263. The number of piperazine rings is 1. The van der Waals surface area contributed by atoms with Crippen molar-refractivity contribution in [2.75, 3.05) is 36.0 Å². The maximum atomic E-state index is 12.3. The van der Waals surface area contributed by atoms with E-state index in [0.29, 0.717) is 24.8 Å². The molecular formula is C19H20N6O3. The fourth-order valence-electron chi connectivity index (χ4n) is 3.07. The number of aromatic amines is 1. The van der Waals surface area contributed by atoms with Crippen molar-refractivity contribution in [1.29, 1.82) is 0 Å². The van der Waals surface area contributed by atoms with E-state index in [0.717, 1.165) is 18.9 Å². The zero-order chi connectivity index (χ0) is 19.3. The van der Waals surface area contributed by atoms with Crippen molar-refractivity contribution in [3.63, 3.8) is 0 Å². The summed E-state index contributed by atoms with van der Waals surface area (Å²) in [4.78, 5) is 40.1. The van der Waals surface area contributed by atoms with Crippen LogP contribution in [0.5, 0.6) is 0 Å². The Labute approximate surface area is 161 Å². The van der Waals surface area contributed by atoms with Crippen LogP contribution in [0.4, 0.5) is 11.8 Å². The normalized spacial score (nSPS) is 14.1. The number of anilines is 2. The smallest absolute Gasteiger partial charge is 0.265 e. The van der Waals surface area contributed by atoms with E-state index in [9.17, 15) is 9.59 Å². The molecule has 3 aromatic heterocycles. The summed E-state index contributed by atoms with van der Waals surface area (Å²) >= 11 is 0. The number of hydrogen-bond acceptors (Lipinski definition) is 7. The first-order valence-electron chi connectivity index (χ1n) is 9.01. The largest absolute Gasteiger partial charge is 0.467 e. The van der Waals surface area contributed by atoms with E-state index in [-0.39, 0.29) is 12.1 Å². The van der Waals surface area contributed by atoms with Gasteiger partial charge in [0.2, 0.25) is 5.95 Å². The van der Waals surface area contributed by atoms with Crippen molar-refractivity contribution in [2.45, 2.75) is 6.54 Å². The van der Waals surface area contributed by atoms with Crippen molar-refractivity contribution >= 4 is 17.7 Å². The van der Waals surface area contributed by atoms with Crippen molar-refractivity contribution in [2.24, 2.45) is 0 Å². The zero-order valence-corrected chi connectivity index (χ0v) is 15.2. The van der Waals surface area contributed by atoms with Gasteiger partial charge < -0.3 is 19.5 Å². The van der Waals surface area contributed by atoms with Crippen molar-refractivity contribution in [1.82, 2.24) is 20.3 Å². The molecular weight excluding hydrogens is 360 g/mol. The number of H-pyrrole nitrogens is 1. The predicted octanol–water partition coefficient (Wildman–Crippen LogP) is 1.01. The number of carbonyl (C=O) groups is 1. The number of amides is 1. The van der Waals surface area contributed by atoms with Crippen LogP contribution in [0.25, 0.3) is 0 Å². The minimum Gasteiger partial charge on any atom is -0.467 e. The van der Waals surface area contributed by atoms with Crippen molar-refractivity contribution in [3.05, 3.63) is 70.7 Å². The van der Waals surface area contributed by atoms with Gasteiger partial charge in [-0.15, -0.1) is 0 Å². The van der Waals surface area contributed by atoms with Crippen LogP contribution >= 0.6 is 0 Å². The topological polar surface area (TPSA) is 107 Å². The maximum absolute atomic E-state index is 12.3. The molecule has 0 unspecified atom stereocenters. The third-order valence-electron chi connectivity index (χ3n) is 4.59. The lowest BCUT2D eigenvalue weighted by molar-refractivity contribution is 0.0946. The van der Waals surface area contributed by atoms with Gasteiger partial charge in [-0.3, -0.25) is 14.6 Å². The van der Waals surface area contributed by atoms with Crippen LogP contribution in [0.1, 0.15) is 16.1 Å². The number of hydrogen-bond donors (Lipinski definition) is 2. The molecule has 3 aromatic rings. The Morgan fingerprint density at radius 2 is 1.93 bits per heavy atom. The van der Waals surface area contributed by atoms with E-state index in [1.165, 1.54) is 12.5 Å². The molecule has 144 valence electrons. The highest BCUT2D eigenvalue weighted by molar-refractivity contribution is 5.93. The third-order valence-corrected chi connectivity index (χ3v) is 4.59. The Morgan fingerprint density at radius 3 is 2.61 bits per heavy atom. The van der Waals surface area contributed by atoms with Crippen molar-refractivity contribution < 1.29 is 9.21 Å². The molecule has 0 aliphatic carbocycles. The molecule has 1 amide bonds. The number of nitrogens with one attached hydrogen (secondary N) is 2. The van der Waals surface area contributed by atoms with E-state index in [1.807, 2.05) is 23.1 Å². The Morgan fingerprint density at radius 1 is 1.11 bits per heavy atom. The second kappa shape index (κ2) is 7.95. The summed E-state index contributed by atoms with van der Waals surface area (Å²) in [6.07, 6.45) is 4.62. The SMILES string of the molecule is O=C(NCc1ccco1)c1cnc(N2CCN(c3ccccn3)CC2)[nH]c1=O. The Bertz CT molecular complexity index is 978. The molecule has 4 heterocycles. The van der Waals surface area contributed by atoms with E-state index in [4.69, 9.17) is 4.42 Å². The zero-order valence-electron chi connectivity index (χ0n) is 15.2. The monoisotopic (exact) mass is 380 g/mol. The van der Waals surface area contributed by atoms with Gasteiger partial charge in [0, 0.05) is 38.6 Å². The molecule has 2 N–H and O–H groups in total. The summed E-state index contributed by atoms with van der Waals surface area (Å²) in [5.74, 6) is 1.53. The third kappa shape index (κ3) is 3.88. The van der Waals surface area contributed by atoms with Crippen LogP contribution in [0.2, 0.25) is 0 Å². The first-order valence-corrected chi connectivity index (χ1v) is 9.01. The lowest BCUT2D eigenvalue weighted by atomic mass is 10.3. The minimum absolute atomic E-state index is 0.0255. The molecule has 0 aromatic carbocycles. The first kappa shape index (κ1) is 17.8. The molecule has 9 nitrogen and oxygen atoms in total. The summed E-state index contributed by atoms with van der Waals surface area (Å²) in [5.41, 5.74) is -0.489.